The lowest BCUT2D eigenvalue weighted by atomic mass is 10.0. The van der Waals surface area contributed by atoms with Crippen LogP contribution in [-0.2, 0) is 0 Å². The van der Waals surface area contributed by atoms with E-state index in [4.69, 9.17) is 6.42 Å². The molecular formula is C18H25FN2. The van der Waals surface area contributed by atoms with Gasteiger partial charge >= 0.3 is 0 Å². The molecule has 1 aromatic rings. The number of benzene rings is 1. The number of halogens is 1. The first kappa shape index (κ1) is 15.9. The Kier molecular flexibility index (Phi) is 5.64. The number of anilines is 1. The van der Waals surface area contributed by atoms with E-state index < -0.39 is 0 Å². The van der Waals surface area contributed by atoms with Gasteiger partial charge in [-0.05, 0) is 50.3 Å². The van der Waals surface area contributed by atoms with Gasteiger partial charge in [-0.2, -0.15) is 0 Å². The van der Waals surface area contributed by atoms with Gasteiger partial charge in [0.05, 0.1) is 12.2 Å². The zero-order valence-electron chi connectivity index (χ0n) is 13.0. The predicted molar refractivity (Wildman–Crippen MR) is 86.9 cm³/mol. The van der Waals surface area contributed by atoms with E-state index >= 15 is 0 Å². The summed E-state index contributed by atoms with van der Waals surface area (Å²) in [7, 11) is 0. The Morgan fingerprint density at radius 3 is 2.86 bits per heavy atom. The number of nitrogens with zero attached hydrogens (tertiary/aromatic N) is 1. The highest BCUT2D eigenvalue weighted by atomic mass is 19.1. The molecule has 0 saturated heterocycles. The van der Waals surface area contributed by atoms with E-state index in [-0.39, 0.29) is 11.9 Å². The Balaban J connectivity index is 2.27. The van der Waals surface area contributed by atoms with Crippen LogP contribution in [0.15, 0.2) is 18.2 Å². The topological polar surface area (TPSA) is 15.3 Å². The minimum Gasteiger partial charge on any atom is -0.357 e. The highest BCUT2D eigenvalue weighted by Crippen LogP contribution is 2.35. The van der Waals surface area contributed by atoms with E-state index in [0.29, 0.717) is 18.2 Å². The summed E-state index contributed by atoms with van der Waals surface area (Å²) in [5, 5.41) is 3.44. The summed E-state index contributed by atoms with van der Waals surface area (Å²) in [5.74, 6) is 3.17. The molecule has 1 fully saturated rings. The molecule has 1 aliphatic carbocycles. The summed E-state index contributed by atoms with van der Waals surface area (Å²) in [4.78, 5) is 2.03. The second-order valence-electron chi connectivity index (χ2n) is 5.88. The third-order valence-electron chi connectivity index (χ3n) is 3.96. The van der Waals surface area contributed by atoms with Crippen molar-refractivity contribution in [1.82, 2.24) is 5.32 Å². The molecule has 2 nitrogen and oxygen atoms in total. The number of nitrogens with one attached hydrogen (secondary N) is 1. The van der Waals surface area contributed by atoms with Crippen LogP contribution in [0.1, 0.15) is 44.7 Å². The zero-order valence-corrected chi connectivity index (χ0v) is 13.0. The van der Waals surface area contributed by atoms with E-state index in [9.17, 15) is 4.39 Å². The fourth-order valence-electron chi connectivity index (χ4n) is 2.64. The van der Waals surface area contributed by atoms with Gasteiger partial charge in [0.25, 0.3) is 0 Å². The highest BCUT2D eigenvalue weighted by molar-refractivity contribution is 5.57. The highest BCUT2D eigenvalue weighted by Gasteiger charge is 2.27. The first-order valence-electron chi connectivity index (χ1n) is 7.87. The average Bonchev–Trinajstić information content (AvgIpc) is 3.28. The van der Waals surface area contributed by atoms with Crippen LogP contribution >= 0.6 is 0 Å². The first-order valence-corrected chi connectivity index (χ1v) is 7.87. The Morgan fingerprint density at radius 2 is 2.24 bits per heavy atom. The van der Waals surface area contributed by atoms with Crippen LogP contribution in [0.2, 0.25) is 0 Å². The van der Waals surface area contributed by atoms with Crippen molar-refractivity contribution in [2.24, 2.45) is 5.92 Å². The van der Waals surface area contributed by atoms with Gasteiger partial charge < -0.3 is 10.2 Å². The molecule has 0 spiro atoms. The molecule has 2 rings (SSSR count). The fraction of sp³-hybridized carbons (Fsp3) is 0.556. The summed E-state index contributed by atoms with van der Waals surface area (Å²) < 4.78 is 14.4. The van der Waals surface area contributed by atoms with E-state index in [1.54, 1.807) is 6.07 Å². The molecule has 0 aliphatic heterocycles. The quantitative estimate of drug-likeness (QED) is 0.733. The monoisotopic (exact) mass is 288 g/mol. The normalized spacial score (nSPS) is 15.5. The maximum absolute atomic E-state index is 14.4. The van der Waals surface area contributed by atoms with Crippen molar-refractivity contribution in [1.29, 1.82) is 0 Å². The van der Waals surface area contributed by atoms with E-state index in [0.717, 1.165) is 25.1 Å². The minimum atomic E-state index is -0.173. The summed E-state index contributed by atoms with van der Waals surface area (Å²) in [6, 6.07) is 5.43. The van der Waals surface area contributed by atoms with Crippen molar-refractivity contribution in [3.8, 4) is 12.3 Å². The standard InChI is InChI=1S/C18H25FN2/c1-4-11-20-14(3)16-7-6-8-17(19)18(16)21(12-5-2)13-15-9-10-15/h2,6-8,14-15,20H,4,9-13H2,1,3H3. The first-order chi connectivity index (χ1) is 10.2. The smallest absolute Gasteiger partial charge is 0.146 e. The average molecular weight is 288 g/mol. The van der Waals surface area contributed by atoms with Gasteiger partial charge in [-0.15, -0.1) is 6.42 Å². The molecule has 21 heavy (non-hydrogen) atoms. The number of para-hydroxylation sites is 1. The molecule has 0 aromatic heterocycles. The van der Waals surface area contributed by atoms with Gasteiger partial charge in [-0.1, -0.05) is 25.0 Å². The molecule has 1 aromatic carbocycles. The van der Waals surface area contributed by atoms with Crippen LogP contribution < -0.4 is 10.2 Å². The van der Waals surface area contributed by atoms with Crippen molar-refractivity contribution in [3.05, 3.63) is 29.6 Å². The van der Waals surface area contributed by atoms with Gasteiger partial charge in [0.15, 0.2) is 0 Å². The molecular weight excluding hydrogens is 263 g/mol. The van der Waals surface area contributed by atoms with Crippen molar-refractivity contribution >= 4 is 5.69 Å². The van der Waals surface area contributed by atoms with E-state index in [1.165, 1.54) is 18.9 Å². The van der Waals surface area contributed by atoms with Crippen LogP contribution in [0, 0.1) is 24.1 Å². The van der Waals surface area contributed by atoms with Crippen LogP contribution in [0.3, 0.4) is 0 Å². The number of hydrogen-bond acceptors (Lipinski definition) is 2. The molecule has 114 valence electrons. The van der Waals surface area contributed by atoms with Crippen LogP contribution in [0.5, 0.6) is 0 Å². The van der Waals surface area contributed by atoms with Crippen LogP contribution in [-0.4, -0.2) is 19.6 Å². The second kappa shape index (κ2) is 7.47. The third-order valence-corrected chi connectivity index (χ3v) is 3.96. The summed E-state index contributed by atoms with van der Waals surface area (Å²) in [6.45, 7) is 6.46. The van der Waals surface area contributed by atoms with Crippen molar-refractivity contribution in [2.75, 3.05) is 24.5 Å². The molecule has 0 amide bonds. The Bertz CT molecular complexity index is 502. The largest absolute Gasteiger partial charge is 0.357 e. The van der Waals surface area contributed by atoms with Gasteiger partial charge in [0.2, 0.25) is 0 Å². The molecule has 1 saturated carbocycles. The summed E-state index contributed by atoms with van der Waals surface area (Å²) in [6.07, 6.45) is 9.01. The third kappa shape index (κ3) is 4.22. The van der Waals surface area contributed by atoms with Gasteiger partial charge in [0.1, 0.15) is 5.82 Å². The molecule has 1 unspecified atom stereocenters. The maximum Gasteiger partial charge on any atom is 0.146 e. The lowest BCUT2D eigenvalue weighted by molar-refractivity contribution is 0.558. The zero-order chi connectivity index (χ0) is 15.2. The molecule has 3 heteroatoms. The van der Waals surface area contributed by atoms with E-state index in [1.807, 2.05) is 11.0 Å². The SMILES string of the molecule is C#CCN(CC1CC1)c1c(F)cccc1C(C)NCCC. The maximum atomic E-state index is 14.4. The minimum absolute atomic E-state index is 0.120. The van der Waals surface area contributed by atoms with Gasteiger partial charge in [-0.25, -0.2) is 4.39 Å². The Labute approximate surface area is 127 Å². The molecule has 0 bridgehead atoms. The number of rotatable bonds is 8. The lowest BCUT2D eigenvalue weighted by Gasteiger charge is -2.28. The predicted octanol–water partition coefficient (Wildman–Crippen LogP) is 3.74. The number of hydrogen-bond donors (Lipinski definition) is 1. The molecule has 0 radical (unpaired) electrons. The van der Waals surface area contributed by atoms with Crippen LogP contribution in [0.4, 0.5) is 10.1 Å². The summed E-state index contributed by atoms with van der Waals surface area (Å²) >= 11 is 0. The molecule has 1 N–H and O–H groups in total. The van der Waals surface area contributed by atoms with Crippen molar-refractivity contribution in [3.63, 3.8) is 0 Å². The lowest BCUT2D eigenvalue weighted by Crippen LogP contribution is -2.30. The van der Waals surface area contributed by atoms with Crippen molar-refractivity contribution in [2.45, 2.75) is 39.2 Å². The number of terminal acetylenes is 1. The summed E-state index contributed by atoms with van der Waals surface area (Å²) in [5.41, 5.74) is 1.68. The Morgan fingerprint density at radius 1 is 1.48 bits per heavy atom. The van der Waals surface area contributed by atoms with Crippen molar-refractivity contribution < 1.29 is 4.39 Å². The fourth-order valence-corrected chi connectivity index (χ4v) is 2.64. The van der Waals surface area contributed by atoms with Crippen LogP contribution in [0.25, 0.3) is 0 Å². The van der Waals surface area contributed by atoms with Gasteiger partial charge in [0, 0.05) is 12.6 Å². The Hall–Kier alpha value is -1.53. The molecule has 0 heterocycles. The molecule has 1 aliphatic rings. The van der Waals surface area contributed by atoms with E-state index in [2.05, 4.69) is 25.1 Å². The second-order valence-corrected chi connectivity index (χ2v) is 5.88. The van der Waals surface area contributed by atoms with Gasteiger partial charge in [-0.3, -0.25) is 0 Å². The molecule has 1 atom stereocenters.